The van der Waals surface area contributed by atoms with E-state index < -0.39 is 0 Å². The van der Waals surface area contributed by atoms with E-state index >= 15 is 0 Å². The van der Waals surface area contributed by atoms with Crippen molar-refractivity contribution < 1.29 is 4.74 Å². The zero-order chi connectivity index (χ0) is 11.3. The molecule has 3 rings (SSSR count). The summed E-state index contributed by atoms with van der Waals surface area (Å²) in [5.41, 5.74) is 9.46. The zero-order valence-electron chi connectivity index (χ0n) is 9.99. The van der Waals surface area contributed by atoms with Crippen LogP contribution in [0, 0.1) is 5.92 Å². The Hall–Kier alpha value is -1.02. The molecule has 2 aliphatic rings. The molecule has 3 unspecified atom stereocenters. The van der Waals surface area contributed by atoms with Gasteiger partial charge in [0.05, 0.1) is 7.11 Å². The lowest BCUT2D eigenvalue weighted by molar-refractivity contribution is 0.343. The zero-order valence-corrected chi connectivity index (χ0v) is 9.99. The van der Waals surface area contributed by atoms with Gasteiger partial charge in [-0.05, 0) is 48.4 Å². The predicted octanol–water partition coefficient (Wildman–Crippen LogP) is 2.25. The Balaban J connectivity index is 2.15. The molecule has 2 bridgehead atoms. The van der Waals surface area contributed by atoms with E-state index in [1.54, 1.807) is 7.11 Å². The highest BCUT2D eigenvalue weighted by Crippen LogP contribution is 2.50. The van der Waals surface area contributed by atoms with Gasteiger partial charge in [-0.2, -0.15) is 0 Å². The molecule has 2 heteroatoms. The van der Waals surface area contributed by atoms with Gasteiger partial charge < -0.3 is 10.5 Å². The van der Waals surface area contributed by atoms with Crippen LogP contribution in [0.25, 0.3) is 0 Å². The van der Waals surface area contributed by atoms with Crippen molar-refractivity contribution in [3.8, 4) is 5.75 Å². The van der Waals surface area contributed by atoms with Crippen molar-refractivity contribution in [2.75, 3.05) is 7.11 Å². The summed E-state index contributed by atoms with van der Waals surface area (Å²) in [6.45, 7) is 2.31. The molecule has 2 aliphatic carbocycles. The number of rotatable bonds is 1. The SMILES string of the molecule is COc1ccc2c(c1)C1(C)CCC(C2)C1N. The Morgan fingerprint density at radius 3 is 3.00 bits per heavy atom. The van der Waals surface area contributed by atoms with Crippen LogP contribution in [0.4, 0.5) is 0 Å². The summed E-state index contributed by atoms with van der Waals surface area (Å²) in [5.74, 6) is 1.64. The summed E-state index contributed by atoms with van der Waals surface area (Å²) < 4.78 is 5.33. The molecule has 16 heavy (non-hydrogen) atoms. The number of nitrogens with two attached hydrogens (primary N) is 1. The van der Waals surface area contributed by atoms with E-state index in [2.05, 4.69) is 25.1 Å². The van der Waals surface area contributed by atoms with Gasteiger partial charge >= 0.3 is 0 Å². The molecular formula is C14H19NO. The van der Waals surface area contributed by atoms with E-state index in [-0.39, 0.29) is 5.41 Å². The molecule has 1 saturated carbocycles. The summed E-state index contributed by atoms with van der Waals surface area (Å²) in [6.07, 6.45) is 3.64. The lowest BCUT2D eigenvalue weighted by Gasteiger charge is -2.38. The quantitative estimate of drug-likeness (QED) is 0.783. The van der Waals surface area contributed by atoms with Gasteiger partial charge in [0.15, 0.2) is 0 Å². The lowest BCUT2D eigenvalue weighted by atomic mass is 9.69. The van der Waals surface area contributed by atoms with Crippen LogP contribution < -0.4 is 10.5 Å². The second-order valence-corrected chi connectivity index (χ2v) is 5.47. The molecule has 0 aliphatic heterocycles. The number of hydrogen-bond donors (Lipinski definition) is 1. The number of hydrogen-bond acceptors (Lipinski definition) is 2. The minimum Gasteiger partial charge on any atom is -0.497 e. The van der Waals surface area contributed by atoms with Crippen molar-refractivity contribution in [2.45, 2.75) is 37.6 Å². The summed E-state index contributed by atoms with van der Waals surface area (Å²) >= 11 is 0. The van der Waals surface area contributed by atoms with E-state index in [1.165, 1.54) is 24.0 Å². The summed E-state index contributed by atoms with van der Waals surface area (Å²) in [7, 11) is 1.73. The number of fused-ring (bicyclic) bond motifs is 4. The van der Waals surface area contributed by atoms with Gasteiger partial charge in [0.1, 0.15) is 5.75 Å². The number of ether oxygens (including phenoxy) is 1. The average Bonchev–Trinajstić information content (AvgIpc) is 2.50. The van der Waals surface area contributed by atoms with E-state index in [1.807, 2.05) is 0 Å². The molecule has 0 radical (unpaired) electrons. The molecule has 0 aromatic heterocycles. The minimum absolute atomic E-state index is 0.173. The summed E-state index contributed by atoms with van der Waals surface area (Å²) in [5, 5.41) is 0. The van der Waals surface area contributed by atoms with Crippen LogP contribution in [0.3, 0.4) is 0 Å². The first-order chi connectivity index (χ1) is 7.65. The largest absolute Gasteiger partial charge is 0.497 e. The first-order valence-corrected chi connectivity index (χ1v) is 6.08. The molecule has 0 saturated heterocycles. The molecule has 86 valence electrons. The Bertz CT molecular complexity index is 429. The Morgan fingerprint density at radius 1 is 1.44 bits per heavy atom. The molecule has 2 N–H and O–H groups in total. The maximum absolute atomic E-state index is 6.38. The third-order valence-corrected chi connectivity index (χ3v) is 4.69. The van der Waals surface area contributed by atoms with Crippen LogP contribution in [-0.2, 0) is 11.8 Å². The van der Waals surface area contributed by atoms with E-state index in [4.69, 9.17) is 10.5 Å². The second-order valence-electron chi connectivity index (χ2n) is 5.47. The van der Waals surface area contributed by atoms with Gasteiger partial charge in [0.2, 0.25) is 0 Å². The third-order valence-electron chi connectivity index (χ3n) is 4.69. The predicted molar refractivity (Wildman–Crippen MR) is 64.7 cm³/mol. The van der Waals surface area contributed by atoms with Gasteiger partial charge in [0.25, 0.3) is 0 Å². The van der Waals surface area contributed by atoms with E-state index in [0.29, 0.717) is 12.0 Å². The number of benzene rings is 1. The highest BCUT2D eigenvalue weighted by Gasteiger charge is 2.48. The van der Waals surface area contributed by atoms with Crippen molar-refractivity contribution in [3.05, 3.63) is 29.3 Å². The summed E-state index contributed by atoms with van der Waals surface area (Å²) in [6, 6.07) is 6.80. The van der Waals surface area contributed by atoms with Crippen LogP contribution in [0.2, 0.25) is 0 Å². The molecule has 1 aromatic carbocycles. The Morgan fingerprint density at radius 2 is 2.25 bits per heavy atom. The fourth-order valence-electron chi connectivity index (χ4n) is 3.57. The fourth-order valence-corrected chi connectivity index (χ4v) is 3.57. The number of methoxy groups -OCH3 is 1. The van der Waals surface area contributed by atoms with Crippen molar-refractivity contribution in [1.29, 1.82) is 0 Å². The molecule has 0 spiro atoms. The smallest absolute Gasteiger partial charge is 0.119 e. The maximum Gasteiger partial charge on any atom is 0.119 e. The molecule has 0 amide bonds. The molecule has 0 heterocycles. The highest BCUT2D eigenvalue weighted by atomic mass is 16.5. The monoisotopic (exact) mass is 217 g/mol. The van der Waals surface area contributed by atoms with Crippen LogP contribution in [0.1, 0.15) is 30.9 Å². The van der Waals surface area contributed by atoms with E-state index in [9.17, 15) is 0 Å². The minimum atomic E-state index is 0.173. The highest BCUT2D eigenvalue weighted by molar-refractivity contribution is 5.45. The molecule has 3 atom stereocenters. The summed E-state index contributed by atoms with van der Waals surface area (Å²) in [4.78, 5) is 0. The first kappa shape index (κ1) is 10.2. The Labute approximate surface area is 96.8 Å². The molecule has 1 aromatic rings. The van der Waals surface area contributed by atoms with Gasteiger partial charge in [-0.3, -0.25) is 0 Å². The van der Waals surface area contributed by atoms with Crippen LogP contribution >= 0.6 is 0 Å². The average molecular weight is 217 g/mol. The van der Waals surface area contributed by atoms with Gasteiger partial charge in [-0.25, -0.2) is 0 Å². The van der Waals surface area contributed by atoms with Gasteiger partial charge in [-0.1, -0.05) is 13.0 Å². The van der Waals surface area contributed by atoms with E-state index in [0.717, 1.165) is 12.2 Å². The standard InChI is InChI=1S/C14H19NO/c1-14-6-5-10(13(14)15)7-9-3-4-11(16-2)8-12(9)14/h3-4,8,10,13H,5-7,15H2,1-2H3. The van der Waals surface area contributed by atoms with Gasteiger partial charge in [0, 0.05) is 11.5 Å². The van der Waals surface area contributed by atoms with Crippen LogP contribution in [0.5, 0.6) is 5.75 Å². The fraction of sp³-hybridized carbons (Fsp3) is 0.571. The second kappa shape index (κ2) is 3.24. The van der Waals surface area contributed by atoms with Gasteiger partial charge in [-0.15, -0.1) is 0 Å². The van der Waals surface area contributed by atoms with Crippen molar-refractivity contribution in [1.82, 2.24) is 0 Å². The molecular weight excluding hydrogens is 198 g/mol. The molecule has 2 nitrogen and oxygen atoms in total. The van der Waals surface area contributed by atoms with Crippen molar-refractivity contribution >= 4 is 0 Å². The van der Waals surface area contributed by atoms with Crippen LogP contribution in [0.15, 0.2) is 18.2 Å². The Kier molecular flexibility index (Phi) is 2.05. The third kappa shape index (κ3) is 1.17. The normalized spacial score (nSPS) is 35.9. The molecule has 1 fully saturated rings. The van der Waals surface area contributed by atoms with Crippen LogP contribution in [-0.4, -0.2) is 13.2 Å². The topological polar surface area (TPSA) is 35.2 Å². The first-order valence-electron chi connectivity index (χ1n) is 6.08. The van der Waals surface area contributed by atoms with Crippen molar-refractivity contribution in [3.63, 3.8) is 0 Å². The maximum atomic E-state index is 6.38. The lowest BCUT2D eigenvalue weighted by Crippen LogP contribution is -2.46. The van der Waals surface area contributed by atoms with Crippen molar-refractivity contribution in [2.24, 2.45) is 11.7 Å².